The molecule has 0 aliphatic heterocycles. The number of benzene rings is 1. The van der Waals surface area contributed by atoms with Crippen LogP contribution in [0, 0.1) is 17.0 Å². The van der Waals surface area contributed by atoms with Crippen LogP contribution in [0.3, 0.4) is 0 Å². The Hall–Kier alpha value is -2.21. The fourth-order valence-corrected chi connectivity index (χ4v) is 5.01. The van der Waals surface area contributed by atoms with Crippen LogP contribution in [-0.2, 0) is 15.6 Å². The largest absolute Gasteiger partial charge is 0.694 e. The van der Waals surface area contributed by atoms with Gasteiger partial charge in [-0.3, -0.25) is 10.1 Å². The molecule has 170 valence electrons. The summed E-state index contributed by atoms with van der Waals surface area (Å²) in [7, 11) is -2.54. The van der Waals surface area contributed by atoms with Gasteiger partial charge >= 0.3 is 8.25 Å². The second kappa shape index (κ2) is 11.6. The molecule has 0 fully saturated rings. The minimum atomic E-state index is -2.54. The monoisotopic (exact) mass is 497 g/mol. The van der Waals surface area contributed by atoms with Crippen molar-refractivity contribution in [3.63, 3.8) is 0 Å². The molecule has 0 aliphatic carbocycles. The van der Waals surface area contributed by atoms with E-state index in [-0.39, 0.29) is 17.5 Å². The van der Waals surface area contributed by atoms with Gasteiger partial charge in [-0.25, -0.2) is 0 Å². The molecule has 2 heterocycles. The number of hydrogen-bond acceptors (Lipinski definition) is 10. The third-order valence-corrected chi connectivity index (χ3v) is 7.02. The molecule has 0 bridgehead atoms. The number of aryl methyl sites for hydroxylation is 1. The van der Waals surface area contributed by atoms with Crippen LogP contribution in [0.4, 0.5) is 5.69 Å². The molecule has 0 spiro atoms. The van der Waals surface area contributed by atoms with Crippen LogP contribution < -0.4 is 5.32 Å². The third-order valence-electron chi connectivity index (χ3n) is 4.40. The first-order valence-corrected chi connectivity index (χ1v) is 12.5. The van der Waals surface area contributed by atoms with E-state index in [0.29, 0.717) is 30.6 Å². The number of nitro groups is 1. The van der Waals surface area contributed by atoms with E-state index < -0.39 is 13.2 Å². The average molecular weight is 498 g/mol. The zero-order chi connectivity index (χ0) is 23.1. The molecule has 2 N–H and O–H groups in total. The van der Waals surface area contributed by atoms with E-state index >= 15 is 0 Å². The molecule has 2 aromatic heterocycles. The number of nitro benzene ring substituents is 1. The highest BCUT2D eigenvalue weighted by molar-refractivity contribution is 7.99. The van der Waals surface area contributed by atoms with Gasteiger partial charge in [-0.15, -0.1) is 31.0 Å². The van der Waals surface area contributed by atoms with Crippen molar-refractivity contribution in [1.82, 2.24) is 15.5 Å². The lowest BCUT2D eigenvalue weighted by Crippen LogP contribution is -2.15. The SMILES string of the molecule is Cc1cc(CNCCCO[P+](=O)O)sc1-c1nnc(SC(C)c2cccc([N+](=O)[O-])c2)o1. The van der Waals surface area contributed by atoms with Crippen LogP contribution in [0.5, 0.6) is 0 Å². The average Bonchev–Trinajstić information content (AvgIpc) is 3.36. The molecular formula is C19H22N4O6PS2+. The Labute approximate surface area is 193 Å². The Kier molecular flexibility index (Phi) is 8.85. The Bertz CT molecular complexity index is 1090. The van der Waals surface area contributed by atoms with Crippen LogP contribution in [0.2, 0.25) is 0 Å². The van der Waals surface area contributed by atoms with E-state index in [2.05, 4.69) is 26.1 Å². The van der Waals surface area contributed by atoms with Crippen molar-refractivity contribution in [2.75, 3.05) is 13.2 Å². The van der Waals surface area contributed by atoms with Gasteiger partial charge in [0.15, 0.2) is 0 Å². The number of nitrogens with one attached hydrogen (secondary N) is 1. The van der Waals surface area contributed by atoms with Crippen molar-refractivity contribution in [3.8, 4) is 10.8 Å². The molecule has 2 unspecified atom stereocenters. The molecular weight excluding hydrogens is 475 g/mol. The summed E-state index contributed by atoms with van der Waals surface area (Å²) in [5.74, 6) is 0.438. The highest BCUT2D eigenvalue weighted by Crippen LogP contribution is 2.38. The van der Waals surface area contributed by atoms with E-state index in [9.17, 15) is 14.7 Å². The summed E-state index contributed by atoms with van der Waals surface area (Å²) in [6.07, 6.45) is 0.631. The summed E-state index contributed by atoms with van der Waals surface area (Å²) in [6, 6.07) is 8.56. The maximum Gasteiger partial charge on any atom is 0.694 e. The maximum absolute atomic E-state index is 11.0. The van der Waals surface area contributed by atoms with Gasteiger partial charge in [-0.2, -0.15) is 0 Å². The van der Waals surface area contributed by atoms with Crippen LogP contribution in [0.1, 0.15) is 34.6 Å². The molecule has 0 radical (unpaired) electrons. The molecule has 32 heavy (non-hydrogen) atoms. The van der Waals surface area contributed by atoms with Crippen molar-refractivity contribution in [2.24, 2.45) is 0 Å². The molecule has 3 rings (SSSR count). The van der Waals surface area contributed by atoms with Crippen LogP contribution >= 0.6 is 31.4 Å². The lowest BCUT2D eigenvalue weighted by molar-refractivity contribution is -0.384. The second-order valence-corrected chi connectivity index (χ2v) is 9.97. The summed E-state index contributed by atoms with van der Waals surface area (Å²) in [6.45, 7) is 5.44. The number of rotatable bonds is 12. The predicted octanol–water partition coefficient (Wildman–Crippen LogP) is 5.01. The molecule has 0 saturated heterocycles. The first-order chi connectivity index (χ1) is 15.3. The molecule has 10 nitrogen and oxygen atoms in total. The number of aromatic nitrogens is 2. The molecule has 3 aromatic rings. The summed E-state index contributed by atoms with van der Waals surface area (Å²) < 4.78 is 20.9. The topological polar surface area (TPSA) is 141 Å². The number of thiophene rings is 1. The summed E-state index contributed by atoms with van der Waals surface area (Å²) in [5.41, 5.74) is 1.88. The quantitative estimate of drug-likeness (QED) is 0.115. The Morgan fingerprint density at radius 2 is 2.22 bits per heavy atom. The van der Waals surface area contributed by atoms with Gasteiger partial charge in [0, 0.05) is 33.4 Å². The molecule has 13 heteroatoms. The summed E-state index contributed by atoms with van der Waals surface area (Å²) >= 11 is 2.90. The van der Waals surface area contributed by atoms with E-state index in [0.717, 1.165) is 20.9 Å². The van der Waals surface area contributed by atoms with E-state index in [1.807, 2.05) is 19.9 Å². The van der Waals surface area contributed by atoms with Gasteiger partial charge in [-0.05, 0) is 44.0 Å². The van der Waals surface area contributed by atoms with Crippen molar-refractivity contribution >= 4 is 37.0 Å². The third kappa shape index (κ3) is 6.89. The lowest BCUT2D eigenvalue weighted by Gasteiger charge is -2.08. The Morgan fingerprint density at radius 3 is 2.97 bits per heavy atom. The van der Waals surface area contributed by atoms with Gasteiger partial charge < -0.3 is 9.73 Å². The fraction of sp³-hybridized carbons (Fsp3) is 0.368. The minimum absolute atomic E-state index is 0.0490. The molecule has 1 aromatic carbocycles. The van der Waals surface area contributed by atoms with Crippen LogP contribution in [0.15, 0.2) is 40.0 Å². The van der Waals surface area contributed by atoms with Gasteiger partial charge in [0.05, 0.1) is 9.80 Å². The van der Waals surface area contributed by atoms with Crippen molar-refractivity contribution in [2.45, 2.75) is 37.3 Å². The highest BCUT2D eigenvalue weighted by atomic mass is 32.2. The molecule has 2 atom stereocenters. The normalized spacial score (nSPS) is 12.7. The molecule has 0 aliphatic rings. The number of thioether (sulfide) groups is 1. The second-order valence-electron chi connectivity index (χ2n) is 6.81. The van der Waals surface area contributed by atoms with Gasteiger partial charge in [0.1, 0.15) is 6.61 Å². The van der Waals surface area contributed by atoms with Gasteiger partial charge in [-0.1, -0.05) is 23.9 Å². The lowest BCUT2D eigenvalue weighted by atomic mass is 10.1. The standard InChI is InChI=1S/C19H21N4O6PS2/c1-12-9-16(11-20-7-4-8-28-30(26)27)32-17(12)18-21-22-19(29-18)31-13(2)14-5-3-6-15(10-14)23(24)25/h3,5-6,9-10,13,20H,4,7-8,11H2,1-2H3/p+1. The minimum Gasteiger partial charge on any atom is -0.410 e. The van der Waals surface area contributed by atoms with Crippen LogP contribution in [0.25, 0.3) is 10.8 Å². The number of hydrogen-bond donors (Lipinski definition) is 2. The van der Waals surface area contributed by atoms with Gasteiger partial charge in [0.25, 0.3) is 16.8 Å². The summed E-state index contributed by atoms with van der Waals surface area (Å²) in [4.78, 5) is 21.2. The van der Waals surface area contributed by atoms with Crippen molar-refractivity contribution in [1.29, 1.82) is 0 Å². The predicted molar refractivity (Wildman–Crippen MR) is 122 cm³/mol. The smallest absolute Gasteiger partial charge is 0.410 e. The first kappa shape index (κ1) is 24.4. The first-order valence-electron chi connectivity index (χ1n) is 9.67. The number of nitrogens with zero attached hydrogens (tertiary/aromatic N) is 3. The maximum atomic E-state index is 11.0. The van der Waals surface area contributed by atoms with E-state index in [1.54, 1.807) is 23.5 Å². The van der Waals surface area contributed by atoms with E-state index in [4.69, 9.17) is 9.31 Å². The Morgan fingerprint density at radius 1 is 1.41 bits per heavy atom. The molecule has 0 saturated carbocycles. The highest BCUT2D eigenvalue weighted by Gasteiger charge is 2.19. The summed E-state index contributed by atoms with van der Waals surface area (Å²) in [5, 5.41) is 22.8. The van der Waals surface area contributed by atoms with Crippen molar-refractivity contribution in [3.05, 3.63) is 56.5 Å². The number of non-ortho nitro benzene ring substituents is 1. The van der Waals surface area contributed by atoms with Crippen LogP contribution in [-0.4, -0.2) is 33.2 Å². The Balaban J connectivity index is 1.57. The zero-order valence-electron chi connectivity index (χ0n) is 17.4. The van der Waals surface area contributed by atoms with E-state index in [1.165, 1.54) is 17.8 Å². The zero-order valence-corrected chi connectivity index (χ0v) is 19.9. The van der Waals surface area contributed by atoms with Gasteiger partial charge in [0.2, 0.25) is 0 Å². The fourth-order valence-electron chi connectivity index (χ4n) is 2.86. The molecule has 0 amide bonds. The van der Waals surface area contributed by atoms with Crippen molar-refractivity contribution < 1.29 is 23.3 Å².